The molecule has 0 aromatic rings. The fourth-order valence-corrected chi connectivity index (χ4v) is 2.79. The van der Waals surface area contributed by atoms with Crippen molar-refractivity contribution in [2.24, 2.45) is 5.92 Å². The van der Waals surface area contributed by atoms with E-state index in [0.717, 1.165) is 12.2 Å². The molecule has 0 aromatic carbocycles. The molecule has 1 aliphatic rings. The van der Waals surface area contributed by atoms with Crippen LogP contribution in [-0.2, 0) is 0 Å². The molecule has 7 heteroatoms. The van der Waals surface area contributed by atoms with E-state index in [1.807, 2.05) is 0 Å². The summed E-state index contributed by atoms with van der Waals surface area (Å²) < 4.78 is 52.4. The normalized spacial score (nSPS) is 30.9. The van der Waals surface area contributed by atoms with Crippen LogP contribution in [0.3, 0.4) is 0 Å². The Kier molecular flexibility index (Phi) is 5.20. The van der Waals surface area contributed by atoms with Gasteiger partial charge >= 0.3 is 6.18 Å². The average Bonchev–Trinajstić information content (AvgIpc) is 2.25. The first-order chi connectivity index (χ1) is 8.80. The van der Waals surface area contributed by atoms with Gasteiger partial charge in [0.15, 0.2) is 5.67 Å². The van der Waals surface area contributed by atoms with Gasteiger partial charge in [-0.3, -0.25) is 0 Å². The van der Waals surface area contributed by atoms with E-state index in [4.69, 9.17) is 0 Å². The van der Waals surface area contributed by atoms with Crippen LogP contribution in [0.25, 0.3) is 0 Å². The summed E-state index contributed by atoms with van der Waals surface area (Å²) in [4.78, 5) is -0.883. The third-order valence-electron chi connectivity index (χ3n) is 3.35. The van der Waals surface area contributed by atoms with Gasteiger partial charge in [-0.2, -0.15) is 13.2 Å². The first-order valence-electron chi connectivity index (χ1n) is 5.98. The first-order valence-corrected chi connectivity index (χ1v) is 7.69. The van der Waals surface area contributed by atoms with E-state index < -0.39 is 38.6 Å². The van der Waals surface area contributed by atoms with E-state index in [9.17, 15) is 18.3 Å². The molecule has 0 bridgehead atoms. The molecule has 0 aromatic heterocycles. The van der Waals surface area contributed by atoms with E-state index in [-0.39, 0.29) is 0 Å². The van der Waals surface area contributed by atoms with Crippen molar-refractivity contribution in [2.75, 3.05) is 0 Å². The van der Waals surface area contributed by atoms with Crippen LogP contribution in [0, 0.1) is 5.92 Å². The third kappa shape index (κ3) is 3.65. The topological polar surface area (TPSA) is 20.2 Å². The Balaban J connectivity index is 3.26. The molecule has 20 heavy (non-hydrogen) atoms. The minimum atomic E-state index is -4.62. The highest BCUT2D eigenvalue weighted by atomic mass is 79.9. The van der Waals surface area contributed by atoms with Crippen LogP contribution >= 0.6 is 31.9 Å². The van der Waals surface area contributed by atoms with Crippen molar-refractivity contribution < 1.29 is 22.7 Å². The van der Waals surface area contributed by atoms with E-state index in [1.54, 1.807) is 13.8 Å². The van der Waals surface area contributed by atoms with Crippen molar-refractivity contribution in [3.8, 4) is 0 Å². The largest absolute Gasteiger partial charge is 0.416 e. The number of alkyl halides is 6. The van der Waals surface area contributed by atoms with Crippen molar-refractivity contribution in [1.29, 1.82) is 0 Å². The number of hydrogen-bond donors (Lipinski definition) is 1. The van der Waals surface area contributed by atoms with Crippen molar-refractivity contribution in [3.05, 3.63) is 23.8 Å². The lowest BCUT2D eigenvalue weighted by atomic mass is 9.75. The van der Waals surface area contributed by atoms with E-state index in [2.05, 4.69) is 31.9 Å². The number of halogens is 6. The van der Waals surface area contributed by atoms with Crippen molar-refractivity contribution in [1.82, 2.24) is 0 Å². The first kappa shape index (κ1) is 18.2. The van der Waals surface area contributed by atoms with Crippen molar-refractivity contribution in [2.45, 2.75) is 47.9 Å². The second-order valence-electron chi connectivity index (χ2n) is 5.43. The second-order valence-corrected chi connectivity index (χ2v) is 8.85. The van der Waals surface area contributed by atoms with Gasteiger partial charge < -0.3 is 5.11 Å². The smallest absolute Gasteiger partial charge is 0.391 e. The Bertz CT molecular complexity index is 423. The number of hydrogen-bond acceptors (Lipinski definition) is 1. The van der Waals surface area contributed by atoms with Gasteiger partial charge in [0.1, 0.15) is 0 Å². The van der Waals surface area contributed by atoms with Crippen LogP contribution in [0.4, 0.5) is 17.6 Å². The zero-order chi connectivity index (χ0) is 15.9. The minimum Gasteiger partial charge on any atom is -0.391 e. The van der Waals surface area contributed by atoms with Gasteiger partial charge in [-0.25, -0.2) is 4.39 Å². The molecule has 0 amide bonds. The Morgan fingerprint density at radius 3 is 2.20 bits per heavy atom. The fraction of sp³-hybridized carbons (Fsp3) is 0.692. The van der Waals surface area contributed by atoms with Gasteiger partial charge in [0.05, 0.1) is 16.5 Å². The Morgan fingerprint density at radius 2 is 1.85 bits per heavy atom. The average molecular weight is 424 g/mol. The van der Waals surface area contributed by atoms with Crippen LogP contribution < -0.4 is 0 Å². The molecule has 1 nitrogen and oxygen atoms in total. The van der Waals surface area contributed by atoms with Crippen LogP contribution in [-0.4, -0.2) is 32.2 Å². The zero-order valence-corrected chi connectivity index (χ0v) is 14.4. The van der Waals surface area contributed by atoms with Crippen molar-refractivity contribution >= 4 is 31.9 Å². The predicted octanol–water partition coefficient (Wildman–Crippen LogP) is 4.69. The summed E-state index contributed by atoms with van der Waals surface area (Å²) in [7, 11) is 0. The molecule has 0 heterocycles. The highest BCUT2D eigenvalue weighted by Gasteiger charge is 2.51. The maximum absolute atomic E-state index is 15.1. The molecular formula is C13H16Br2F4O. The second kappa shape index (κ2) is 5.72. The van der Waals surface area contributed by atoms with Crippen molar-refractivity contribution in [3.63, 3.8) is 0 Å². The van der Waals surface area contributed by atoms with Gasteiger partial charge in [-0.1, -0.05) is 44.0 Å². The van der Waals surface area contributed by atoms with Gasteiger partial charge in [-0.15, -0.1) is 0 Å². The predicted molar refractivity (Wildman–Crippen MR) is 78.0 cm³/mol. The number of rotatable bonds is 3. The highest BCUT2D eigenvalue weighted by molar-refractivity contribution is 9.10. The molecule has 4 unspecified atom stereocenters. The maximum atomic E-state index is 15.1. The zero-order valence-electron chi connectivity index (χ0n) is 11.2. The summed E-state index contributed by atoms with van der Waals surface area (Å²) in [6.07, 6.45) is -3.34. The molecule has 4 atom stereocenters. The lowest BCUT2D eigenvalue weighted by Crippen LogP contribution is -2.51. The summed E-state index contributed by atoms with van der Waals surface area (Å²) in [5.74, 6) is -1.09. The third-order valence-corrected chi connectivity index (χ3v) is 4.52. The molecule has 0 spiro atoms. The molecule has 116 valence electrons. The van der Waals surface area contributed by atoms with Crippen LogP contribution in [0.2, 0.25) is 0 Å². The standard InChI is InChI=1S/C13H16Br2F4O/c1-7(14)12(16)6-8(13(17,18)19)4-5-9(12)10(20)11(2,3)15/h4-7,9-10,20H,1-3H3. The lowest BCUT2D eigenvalue weighted by Gasteiger charge is -2.41. The quantitative estimate of drug-likeness (QED) is 0.515. The van der Waals surface area contributed by atoms with Crippen LogP contribution in [0.5, 0.6) is 0 Å². The van der Waals surface area contributed by atoms with Gasteiger partial charge in [-0.05, 0) is 26.8 Å². The highest BCUT2D eigenvalue weighted by Crippen LogP contribution is 2.45. The molecule has 1 N–H and O–H groups in total. The Hall–Kier alpha value is 0.120. The molecule has 0 saturated heterocycles. The van der Waals surface area contributed by atoms with Crippen LogP contribution in [0.1, 0.15) is 20.8 Å². The summed E-state index contributed by atoms with van der Waals surface area (Å²) >= 11 is 6.24. The molecular weight excluding hydrogens is 408 g/mol. The molecule has 0 fully saturated rings. The Labute approximate surface area is 132 Å². The summed E-state index contributed by atoms with van der Waals surface area (Å²) in [6, 6.07) is 0. The molecule has 0 aliphatic heterocycles. The fourth-order valence-electron chi connectivity index (χ4n) is 2.07. The molecule has 0 radical (unpaired) electrons. The summed E-state index contributed by atoms with van der Waals surface area (Å²) in [5.41, 5.74) is -3.37. The number of aliphatic hydroxyl groups excluding tert-OH is 1. The van der Waals surface area contributed by atoms with Gasteiger partial charge in [0.2, 0.25) is 0 Å². The minimum absolute atomic E-state index is 0.555. The summed E-state index contributed by atoms with van der Waals surface area (Å²) in [6.45, 7) is 4.69. The molecule has 1 aliphatic carbocycles. The Morgan fingerprint density at radius 1 is 1.35 bits per heavy atom. The van der Waals surface area contributed by atoms with E-state index in [1.165, 1.54) is 6.92 Å². The summed E-state index contributed by atoms with van der Waals surface area (Å²) in [5, 5.41) is 10.2. The van der Waals surface area contributed by atoms with E-state index >= 15 is 4.39 Å². The van der Waals surface area contributed by atoms with E-state index in [0.29, 0.717) is 6.08 Å². The SMILES string of the molecule is CC(Br)C1(F)C=C(C(F)(F)F)C=CC1C(O)C(C)(C)Br. The maximum Gasteiger partial charge on any atom is 0.416 e. The lowest BCUT2D eigenvalue weighted by molar-refractivity contribution is -0.0910. The van der Waals surface area contributed by atoms with Gasteiger partial charge in [0.25, 0.3) is 0 Å². The number of allylic oxidation sites excluding steroid dienone is 3. The number of aliphatic hydroxyl groups is 1. The van der Waals surface area contributed by atoms with Crippen LogP contribution in [0.15, 0.2) is 23.8 Å². The van der Waals surface area contributed by atoms with Gasteiger partial charge in [0, 0.05) is 10.2 Å². The molecule has 1 rings (SSSR count). The monoisotopic (exact) mass is 422 g/mol. The molecule has 0 saturated carbocycles.